The van der Waals surface area contributed by atoms with E-state index < -0.39 is 0 Å². The molecule has 1 heterocycles. The Morgan fingerprint density at radius 2 is 1.73 bits per heavy atom. The lowest BCUT2D eigenvalue weighted by atomic mass is 10.1. The quantitative estimate of drug-likeness (QED) is 0.549. The molecule has 0 radical (unpaired) electrons. The van der Waals surface area contributed by atoms with Gasteiger partial charge in [0.05, 0.1) is 6.61 Å². The van der Waals surface area contributed by atoms with E-state index in [1.165, 1.54) is 49.9 Å². The van der Waals surface area contributed by atoms with E-state index in [1.807, 2.05) is 30.3 Å². The Kier molecular flexibility index (Phi) is 9.23. The van der Waals surface area contributed by atoms with Crippen molar-refractivity contribution in [3.63, 3.8) is 0 Å². The number of likely N-dealkylation sites (tertiary alicyclic amines) is 1. The maximum absolute atomic E-state index is 12.5. The first-order valence-electron chi connectivity index (χ1n) is 11.6. The highest BCUT2D eigenvalue weighted by Crippen LogP contribution is 2.19. The molecule has 162 valence electrons. The first-order valence-corrected chi connectivity index (χ1v) is 11.6. The van der Waals surface area contributed by atoms with Crippen LogP contribution in [0.4, 0.5) is 0 Å². The van der Waals surface area contributed by atoms with Gasteiger partial charge >= 0.3 is 0 Å². The second-order valence-electron chi connectivity index (χ2n) is 8.20. The summed E-state index contributed by atoms with van der Waals surface area (Å²) in [6.45, 7) is 6.88. The van der Waals surface area contributed by atoms with Crippen LogP contribution >= 0.6 is 0 Å². The molecule has 1 saturated heterocycles. The van der Waals surface area contributed by atoms with E-state index >= 15 is 0 Å². The number of carbonyl (C=O) groups excluding carboxylic acids is 1. The Labute approximate surface area is 181 Å². The summed E-state index contributed by atoms with van der Waals surface area (Å²) in [6, 6.07) is 16.3. The number of nitrogens with zero attached hydrogens (tertiary/aromatic N) is 1. The Morgan fingerprint density at radius 1 is 1.00 bits per heavy atom. The standard InChI is InChI=1S/C26H36N2O2/c1-2-20-30-25-12-6-5-10-23(25)11-9-17-27-26(29)24-15-13-22(14-16-24)21-28-18-7-3-4-8-19-28/h5-6,10,12-16H,2-4,7-9,11,17-21H2,1H3,(H,27,29). The third kappa shape index (κ3) is 7.17. The molecule has 1 aliphatic heterocycles. The first kappa shape index (κ1) is 22.4. The Morgan fingerprint density at radius 3 is 2.47 bits per heavy atom. The molecule has 0 aromatic heterocycles. The van der Waals surface area contributed by atoms with Crippen LogP contribution in [0.25, 0.3) is 0 Å². The number of nitrogens with one attached hydrogen (secondary N) is 1. The molecule has 1 N–H and O–H groups in total. The number of carbonyl (C=O) groups is 1. The third-order valence-electron chi connectivity index (χ3n) is 5.66. The summed E-state index contributed by atoms with van der Waals surface area (Å²) < 4.78 is 5.82. The summed E-state index contributed by atoms with van der Waals surface area (Å²) in [4.78, 5) is 15.0. The number of rotatable bonds is 10. The van der Waals surface area contributed by atoms with Gasteiger partial charge in [0.2, 0.25) is 0 Å². The molecule has 30 heavy (non-hydrogen) atoms. The van der Waals surface area contributed by atoms with Gasteiger partial charge in [0.1, 0.15) is 5.75 Å². The average Bonchev–Trinajstić information content (AvgIpc) is 3.05. The molecule has 1 fully saturated rings. The summed E-state index contributed by atoms with van der Waals surface area (Å²) in [7, 11) is 0. The van der Waals surface area contributed by atoms with Gasteiger partial charge in [0, 0.05) is 18.7 Å². The fourth-order valence-corrected chi connectivity index (χ4v) is 3.96. The van der Waals surface area contributed by atoms with Crippen molar-refractivity contribution in [2.24, 2.45) is 0 Å². The predicted molar refractivity (Wildman–Crippen MR) is 123 cm³/mol. The van der Waals surface area contributed by atoms with Crippen LogP contribution in [0.5, 0.6) is 5.75 Å². The third-order valence-corrected chi connectivity index (χ3v) is 5.66. The summed E-state index contributed by atoms with van der Waals surface area (Å²) in [6.07, 6.45) is 8.10. The van der Waals surface area contributed by atoms with Crippen molar-refractivity contribution < 1.29 is 9.53 Å². The van der Waals surface area contributed by atoms with Gasteiger partial charge in [-0.25, -0.2) is 0 Å². The van der Waals surface area contributed by atoms with Crippen LogP contribution in [0.1, 0.15) is 66.9 Å². The van der Waals surface area contributed by atoms with Crippen molar-refractivity contribution in [2.45, 2.75) is 58.4 Å². The second kappa shape index (κ2) is 12.4. The van der Waals surface area contributed by atoms with Crippen LogP contribution < -0.4 is 10.1 Å². The predicted octanol–water partition coefficient (Wildman–Crippen LogP) is 5.21. The number of ether oxygens (including phenoxy) is 1. The molecule has 0 aliphatic carbocycles. The van der Waals surface area contributed by atoms with Gasteiger partial charge in [-0.2, -0.15) is 0 Å². The molecule has 3 rings (SSSR count). The number of aryl methyl sites for hydroxylation is 1. The summed E-state index contributed by atoms with van der Waals surface area (Å²) in [5.41, 5.74) is 3.23. The lowest BCUT2D eigenvalue weighted by Gasteiger charge is -2.19. The van der Waals surface area contributed by atoms with E-state index in [2.05, 4.69) is 35.3 Å². The molecule has 2 aromatic rings. The first-order chi connectivity index (χ1) is 14.8. The number of benzene rings is 2. The molecule has 4 nitrogen and oxygen atoms in total. The maximum atomic E-state index is 12.5. The molecule has 0 atom stereocenters. The van der Waals surface area contributed by atoms with Crippen LogP contribution in [-0.2, 0) is 13.0 Å². The van der Waals surface area contributed by atoms with E-state index in [-0.39, 0.29) is 5.91 Å². The van der Waals surface area contributed by atoms with E-state index in [4.69, 9.17) is 4.74 Å². The fourth-order valence-electron chi connectivity index (χ4n) is 3.96. The van der Waals surface area contributed by atoms with Gasteiger partial charge in [0.25, 0.3) is 5.91 Å². The van der Waals surface area contributed by atoms with Crippen molar-refractivity contribution in [2.75, 3.05) is 26.2 Å². The zero-order chi connectivity index (χ0) is 21.0. The Balaban J connectivity index is 1.42. The van der Waals surface area contributed by atoms with Crippen molar-refractivity contribution >= 4 is 5.91 Å². The number of hydrogen-bond donors (Lipinski definition) is 1. The summed E-state index contributed by atoms with van der Waals surface area (Å²) >= 11 is 0. The zero-order valence-corrected chi connectivity index (χ0v) is 18.4. The lowest BCUT2D eigenvalue weighted by molar-refractivity contribution is 0.0953. The van der Waals surface area contributed by atoms with Gasteiger partial charge in [-0.15, -0.1) is 0 Å². The molecule has 1 aliphatic rings. The minimum Gasteiger partial charge on any atom is -0.493 e. The fraction of sp³-hybridized carbons (Fsp3) is 0.500. The van der Waals surface area contributed by atoms with Crippen molar-refractivity contribution in [3.05, 3.63) is 65.2 Å². The molecule has 0 spiro atoms. The molecule has 0 unspecified atom stereocenters. The summed E-state index contributed by atoms with van der Waals surface area (Å²) in [5.74, 6) is 0.970. The highest BCUT2D eigenvalue weighted by molar-refractivity contribution is 5.94. The van der Waals surface area contributed by atoms with E-state index in [1.54, 1.807) is 0 Å². The van der Waals surface area contributed by atoms with Crippen molar-refractivity contribution in [1.29, 1.82) is 0 Å². The van der Waals surface area contributed by atoms with Crippen molar-refractivity contribution in [3.8, 4) is 5.75 Å². The molecule has 1 amide bonds. The van der Waals surface area contributed by atoms with Gasteiger partial charge in [0.15, 0.2) is 0 Å². The van der Waals surface area contributed by atoms with Gasteiger partial charge in [-0.05, 0) is 74.5 Å². The monoisotopic (exact) mass is 408 g/mol. The van der Waals surface area contributed by atoms with Crippen molar-refractivity contribution in [1.82, 2.24) is 10.2 Å². The smallest absolute Gasteiger partial charge is 0.251 e. The normalized spacial score (nSPS) is 14.8. The topological polar surface area (TPSA) is 41.6 Å². The minimum absolute atomic E-state index is 0.00633. The van der Waals surface area contributed by atoms with E-state index in [9.17, 15) is 4.79 Å². The average molecular weight is 409 g/mol. The number of hydrogen-bond acceptors (Lipinski definition) is 3. The van der Waals surface area contributed by atoms with Gasteiger partial charge < -0.3 is 10.1 Å². The molecule has 0 bridgehead atoms. The van der Waals surface area contributed by atoms with Crippen LogP contribution in [0.15, 0.2) is 48.5 Å². The molecule has 2 aromatic carbocycles. The zero-order valence-electron chi connectivity index (χ0n) is 18.4. The van der Waals surface area contributed by atoms with E-state index in [0.29, 0.717) is 6.54 Å². The Bertz CT molecular complexity index is 765. The highest BCUT2D eigenvalue weighted by atomic mass is 16.5. The Hall–Kier alpha value is -2.33. The second-order valence-corrected chi connectivity index (χ2v) is 8.20. The van der Waals surface area contributed by atoms with Crippen LogP contribution in [-0.4, -0.2) is 37.0 Å². The molecular weight excluding hydrogens is 372 g/mol. The molecule has 4 heteroatoms. The minimum atomic E-state index is 0.00633. The highest BCUT2D eigenvalue weighted by Gasteiger charge is 2.10. The maximum Gasteiger partial charge on any atom is 0.251 e. The SMILES string of the molecule is CCCOc1ccccc1CCCNC(=O)c1ccc(CN2CCCCCC2)cc1. The van der Waals surface area contributed by atoms with Gasteiger partial charge in [-0.3, -0.25) is 9.69 Å². The summed E-state index contributed by atoms with van der Waals surface area (Å²) in [5, 5.41) is 3.05. The largest absolute Gasteiger partial charge is 0.493 e. The molecule has 0 saturated carbocycles. The number of amides is 1. The van der Waals surface area contributed by atoms with Crippen LogP contribution in [0, 0.1) is 0 Å². The van der Waals surface area contributed by atoms with E-state index in [0.717, 1.165) is 43.7 Å². The lowest BCUT2D eigenvalue weighted by Crippen LogP contribution is -2.25. The van der Waals surface area contributed by atoms with Crippen LogP contribution in [0.3, 0.4) is 0 Å². The van der Waals surface area contributed by atoms with Crippen LogP contribution in [0.2, 0.25) is 0 Å². The molecular formula is C26H36N2O2. The van der Waals surface area contributed by atoms with Gasteiger partial charge in [-0.1, -0.05) is 50.1 Å². The number of para-hydroxylation sites is 1.